The van der Waals surface area contributed by atoms with Gasteiger partial charge in [-0.05, 0) is 39.3 Å². The van der Waals surface area contributed by atoms with E-state index in [1.165, 1.54) is 0 Å². The molecule has 0 aliphatic rings. The molecule has 0 fully saturated rings. The van der Waals surface area contributed by atoms with Crippen molar-refractivity contribution in [3.05, 3.63) is 41.8 Å². The molecule has 0 saturated carbocycles. The van der Waals surface area contributed by atoms with Crippen molar-refractivity contribution >= 4 is 0 Å². The number of oxazole rings is 1. The lowest BCUT2D eigenvalue weighted by molar-refractivity contribution is 0.329. The number of aryl methyl sites for hydroxylation is 1. The number of rotatable bonds is 4. The zero-order valence-electron chi connectivity index (χ0n) is 11.9. The average Bonchev–Trinajstić information content (AvgIpc) is 2.77. The first-order chi connectivity index (χ1) is 8.94. The Hall–Kier alpha value is -1.81. The van der Waals surface area contributed by atoms with Crippen molar-refractivity contribution in [3.63, 3.8) is 0 Å². The Balaban J connectivity index is 2.00. The van der Waals surface area contributed by atoms with Crippen LogP contribution < -0.4 is 10.1 Å². The quantitative estimate of drug-likeness (QED) is 0.911. The lowest BCUT2D eigenvalue weighted by Gasteiger charge is -2.19. The molecule has 2 aromatic rings. The minimum Gasteiger partial charge on any atom is -0.417 e. The fourth-order valence-corrected chi connectivity index (χ4v) is 1.54. The van der Waals surface area contributed by atoms with Crippen LogP contribution in [-0.4, -0.2) is 10.5 Å². The maximum Gasteiger partial charge on any atom is 0.399 e. The highest BCUT2D eigenvalue weighted by atomic mass is 16.6. The Labute approximate surface area is 113 Å². The summed E-state index contributed by atoms with van der Waals surface area (Å²) in [5.41, 5.74) is 1.93. The summed E-state index contributed by atoms with van der Waals surface area (Å²) in [6.45, 7) is 8.97. The number of ether oxygens (including phenoxy) is 1. The fourth-order valence-electron chi connectivity index (χ4n) is 1.54. The highest BCUT2D eigenvalue weighted by Crippen LogP contribution is 2.23. The summed E-state index contributed by atoms with van der Waals surface area (Å²) >= 11 is 0. The van der Waals surface area contributed by atoms with Crippen molar-refractivity contribution in [2.75, 3.05) is 0 Å². The van der Waals surface area contributed by atoms with Crippen LogP contribution in [0.15, 0.2) is 34.9 Å². The Morgan fingerprint density at radius 3 is 2.68 bits per heavy atom. The molecule has 0 aliphatic carbocycles. The molecule has 1 heterocycles. The molecule has 1 aromatic heterocycles. The Morgan fingerprint density at radius 2 is 2.00 bits per heavy atom. The first kappa shape index (κ1) is 13.6. The van der Waals surface area contributed by atoms with Crippen LogP contribution in [0.5, 0.6) is 11.8 Å². The number of nitrogens with one attached hydrogen (secondary N) is 1. The van der Waals surface area contributed by atoms with Gasteiger partial charge in [0.2, 0.25) is 0 Å². The number of hydrogen-bond acceptors (Lipinski definition) is 4. The topological polar surface area (TPSA) is 47.3 Å². The highest BCUT2D eigenvalue weighted by molar-refractivity contribution is 5.33. The van der Waals surface area contributed by atoms with Gasteiger partial charge in [0.25, 0.3) is 0 Å². The van der Waals surface area contributed by atoms with Crippen LogP contribution >= 0.6 is 0 Å². The molecule has 19 heavy (non-hydrogen) atoms. The van der Waals surface area contributed by atoms with Crippen LogP contribution in [0.25, 0.3) is 0 Å². The molecule has 0 unspecified atom stereocenters. The van der Waals surface area contributed by atoms with Gasteiger partial charge in [-0.1, -0.05) is 18.2 Å². The zero-order chi connectivity index (χ0) is 13.9. The minimum atomic E-state index is 0.0516. The molecule has 0 aliphatic heterocycles. The van der Waals surface area contributed by atoms with Crippen LogP contribution in [-0.2, 0) is 6.54 Å². The van der Waals surface area contributed by atoms with Crippen molar-refractivity contribution in [2.24, 2.45) is 0 Å². The van der Waals surface area contributed by atoms with E-state index in [1.807, 2.05) is 31.2 Å². The van der Waals surface area contributed by atoms with E-state index in [-0.39, 0.29) is 11.6 Å². The van der Waals surface area contributed by atoms with E-state index in [0.717, 1.165) is 17.0 Å². The van der Waals surface area contributed by atoms with Gasteiger partial charge in [0.05, 0.1) is 5.69 Å². The second kappa shape index (κ2) is 5.45. The average molecular weight is 260 g/mol. The molecule has 1 N–H and O–H groups in total. The highest BCUT2D eigenvalue weighted by Gasteiger charge is 2.12. The van der Waals surface area contributed by atoms with Crippen LogP contribution in [0.2, 0.25) is 0 Å². The Bertz CT molecular complexity index is 541. The van der Waals surface area contributed by atoms with Gasteiger partial charge < -0.3 is 14.5 Å². The zero-order valence-corrected chi connectivity index (χ0v) is 11.9. The normalized spacial score (nSPS) is 11.6. The van der Waals surface area contributed by atoms with Gasteiger partial charge in [-0.2, -0.15) is 4.98 Å². The molecule has 0 atom stereocenters. The molecule has 2 rings (SSSR count). The number of para-hydroxylation sites is 1. The standard InChI is InChI=1S/C15H20N2O2/c1-11-7-5-6-8-13(11)19-14-17-12(10-18-14)9-16-15(2,3)4/h5-8,10,16H,9H2,1-4H3. The van der Waals surface area contributed by atoms with E-state index in [4.69, 9.17) is 9.15 Å². The predicted molar refractivity (Wildman–Crippen MR) is 74.3 cm³/mol. The summed E-state index contributed by atoms with van der Waals surface area (Å²) in [6, 6.07) is 7.77. The summed E-state index contributed by atoms with van der Waals surface area (Å²) < 4.78 is 10.9. The maximum absolute atomic E-state index is 5.62. The van der Waals surface area contributed by atoms with Gasteiger partial charge >= 0.3 is 6.08 Å². The first-order valence-electron chi connectivity index (χ1n) is 6.37. The smallest absolute Gasteiger partial charge is 0.399 e. The van der Waals surface area contributed by atoms with Crippen LogP contribution in [0, 0.1) is 6.92 Å². The van der Waals surface area contributed by atoms with Crippen LogP contribution in [0.3, 0.4) is 0 Å². The predicted octanol–water partition coefficient (Wildman–Crippen LogP) is 3.66. The van der Waals surface area contributed by atoms with Gasteiger partial charge in [-0.3, -0.25) is 0 Å². The molecule has 102 valence electrons. The third kappa shape index (κ3) is 4.10. The second-order valence-electron chi connectivity index (χ2n) is 5.58. The molecule has 4 nitrogen and oxygen atoms in total. The van der Waals surface area contributed by atoms with Crippen molar-refractivity contribution in [3.8, 4) is 11.8 Å². The van der Waals surface area contributed by atoms with Crippen molar-refractivity contribution in [2.45, 2.75) is 39.8 Å². The lowest BCUT2D eigenvalue weighted by Crippen LogP contribution is -2.35. The van der Waals surface area contributed by atoms with E-state index < -0.39 is 0 Å². The molecule has 4 heteroatoms. The summed E-state index contributed by atoms with van der Waals surface area (Å²) in [7, 11) is 0. The summed E-state index contributed by atoms with van der Waals surface area (Å²) in [5, 5.41) is 3.35. The van der Waals surface area contributed by atoms with E-state index in [2.05, 4.69) is 31.1 Å². The maximum atomic E-state index is 5.62. The van der Waals surface area contributed by atoms with E-state index in [1.54, 1.807) is 6.26 Å². The molecule has 0 radical (unpaired) electrons. The molecule has 0 amide bonds. The fraction of sp³-hybridized carbons (Fsp3) is 0.400. The largest absolute Gasteiger partial charge is 0.417 e. The molecule has 0 saturated heterocycles. The number of aromatic nitrogens is 1. The third-order valence-electron chi connectivity index (χ3n) is 2.62. The van der Waals surface area contributed by atoms with Gasteiger partial charge in [0.1, 0.15) is 12.0 Å². The summed E-state index contributed by atoms with van der Waals surface area (Å²) in [4.78, 5) is 4.30. The lowest BCUT2D eigenvalue weighted by atomic mass is 10.1. The van der Waals surface area contributed by atoms with Gasteiger partial charge in [0.15, 0.2) is 0 Å². The van der Waals surface area contributed by atoms with E-state index in [0.29, 0.717) is 6.54 Å². The van der Waals surface area contributed by atoms with E-state index >= 15 is 0 Å². The van der Waals surface area contributed by atoms with Crippen LogP contribution in [0.1, 0.15) is 32.0 Å². The number of benzene rings is 1. The number of hydrogen-bond donors (Lipinski definition) is 1. The summed E-state index contributed by atoms with van der Waals surface area (Å²) in [5.74, 6) is 0.764. The molecular formula is C15H20N2O2. The number of nitrogens with zero attached hydrogens (tertiary/aromatic N) is 1. The molecule has 1 aromatic carbocycles. The van der Waals surface area contributed by atoms with Crippen molar-refractivity contribution in [1.82, 2.24) is 10.3 Å². The van der Waals surface area contributed by atoms with Gasteiger partial charge in [0, 0.05) is 12.1 Å². The van der Waals surface area contributed by atoms with Crippen molar-refractivity contribution in [1.29, 1.82) is 0 Å². The monoisotopic (exact) mass is 260 g/mol. The van der Waals surface area contributed by atoms with Crippen LogP contribution in [0.4, 0.5) is 0 Å². The van der Waals surface area contributed by atoms with Gasteiger partial charge in [-0.25, -0.2) is 0 Å². The minimum absolute atomic E-state index is 0.0516. The third-order valence-corrected chi connectivity index (χ3v) is 2.62. The molecular weight excluding hydrogens is 240 g/mol. The molecule has 0 spiro atoms. The van der Waals surface area contributed by atoms with E-state index in [9.17, 15) is 0 Å². The SMILES string of the molecule is Cc1ccccc1Oc1nc(CNC(C)(C)C)co1. The Morgan fingerprint density at radius 1 is 1.26 bits per heavy atom. The first-order valence-corrected chi connectivity index (χ1v) is 6.37. The molecule has 0 bridgehead atoms. The summed E-state index contributed by atoms with van der Waals surface area (Å²) in [6.07, 6.45) is 1.90. The Kier molecular flexibility index (Phi) is 3.90. The second-order valence-corrected chi connectivity index (χ2v) is 5.58. The van der Waals surface area contributed by atoms with Crippen molar-refractivity contribution < 1.29 is 9.15 Å². The van der Waals surface area contributed by atoms with Gasteiger partial charge in [-0.15, -0.1) is 0 Å².